The summed E-state index contributed by atoms with van der Waals surface area (Å²) >= 11 is 0. The van der Waals surface area contributed by atoms with Gasteiger partial charge in [-0.05, 0) is 48.9 Å². The van der Waals surface area contributed by atoms with Gasteiger partial charge in [0.2, 0.25) is 0 Å². The van der Waals surface area contributed by atoms with Crippen LogP contribution >= 0.6 is 0 Å². The first-order valence-corrected chi connectivity index (χ1v) is 9.39. The lowest BCUT2D eigenvalue weighted by molar-refractivity contribution is 0.0697. The Morgan fingerprint density at radius 1 is 1.00 bits per heavy atom. The number of hydrogen-bond acceptors (Lipinski definition) is 3. The standard InChI is InChI=1S/C24H20N2O4/c1-15-21(25-23(27)16-8-7-9-17(14-16)30-2)20-12-5-6-13-26(20)22(15)18-10-3-4-11-19(18)24(28)29/h3-14H,1-2H3,(H,25,27)(H,28,29). The van der Waals surface area contributed by atoms with Gasteiger partial charge in [0.1, 0.15) is 5.75 Å². The smallest absolute Gasteiger partial charge is 0.336 e. The lowest BCUT2D eigenvalue weighted by atomic mass is 10.0. The number of aromatic carboxylic acids is 1. The van der Waals surface area contributed by atoms with Crippen LogP contribution < -0.4 is 10.1 Å². The maximum Gasteiger partial charge on any atom is 0.336 e. The number of carbonyl (C=O) groups is 2. The van der Waals surface area contributed by atoms with Gasteiger partial charge >= 0.3 is 5.97 Å². The largest absolute Gasteiger partial charge is 0.497 e. The SMILES string of the molecule is COc1cccc(C(=O)Nc2c(C)c(-c3ccccc3C(=O)O)n3ccccc23)c1. The fourth-order valence-electron chi connectivity index (χ4n) is 3.65. The lowest BCUT2D eigenvalue weighted by Gasteiger charge is -2.09. The van der Waals surface area contributed by atoms with Crippen molar-refractivity contribution in [3.63, 3.8) is 0 Å². The maximum absolute atomic E-state index is 12.9. The molecule has 30 heavy (non-hydrogen) atoms. The van der Waals surface area contributed by atoms with E-state index in [0.29, 0.717) is 22.6 Å². The van der Waals surface area contributed by atoms with Gasteiger partial charge in [0.25, 0.3) is 5.91 Å². The van der Waals surface area contributed by atoms with Gasteiger partial charge in [0.15, 0.2) is 0 Å². The topological polar surface area (TPSA) is 80.0 Å². The zero-order valence-electron chi connectivity index (χ0n) is 16.5. The zero-order valence-corrected chi connectivity index (χ0v) is 16.5. The molecule has 0 fully saturated rings. The van der Waals surface area contributed by atoms with E-state index in [1.165, 1.54) is 0 Å². The Kier molecular flexibility index (Phi) is 4.98. The minimum absolute atomic E-state index is 0.203. The van der Waals surface area contributed by atoms with E-state index in [4.69, 9.17) is 4.74 Å². The van der Waals surface area contributed by atoms with Crippen LogP contribution in [0.5, 0.6) is 5.75 Å². The van der Waals surface area contributed by atoms with Crippen LogP contribution in [-0.4, -0.2) is 28.5 Å². The molecule has 1 amide bonds. The molecule has 2 aromatic carbocycles. The molecule has 0 radical (unpaired) electrons. The highest BCUT2D eigenvalue weighted by Gasteiger charge is 2.22. The Morgan fingerprint density at radius 3 is 2.53 bits per heavy atom. The van der Waals surface area contributed by atoms with Crippen molar-refractivity contribution in [3.8, 4) is 17.0 Å². The summed E-state index contributed by atoms with van der Waals surface area (Å²) in [6.45, 7) is 1.88. The maximum atomic E-state index is 12.9. The highest BCUT2D eigenvalue weighted by molar-refractivity contribution is 6.09. The number of carboxylic acids is 1. The van der Waals surface area contributed by atoms with E-state index in [-0.39, 0.29) is 11.5 Å². The monoisotopic (exact) mass is 400 g/mol. The van der Waals surface area contributed by atoms with E-state index < -0.39 is 5.97 Å². The normalized spacial score (nSPS) is 10.7. The summed E-state index contributed by atoms with van der Waals surface area (Å²) in [6.07, 6.45) is 1.86. The highest BCUT2D eigenvalue weighted by Crippen LogP contribution is 2.37. The summed E-state index contributed by atoms with van der Waals surface area (Å²) < 4.78 is 7.11. The second kappa shape index (κ2) is 7.75. The average molecular weight is 400 g/mol. The van der Waals surface area contributed by atoms with Gasteiger partial charge in [-0.25, -0.2) is 4.79 Å². The summed E-state index contributed by atoms with van der Waals surface area (Å²) in [5.41, 5.74) is 4.19. The predicted molar refractivity (Wildman–Crippen MR) is 115 cm³/mol. The van der Waals surface area contributed by atoms with Crippen LogP contribution in [0.15, 0.2) is 72.9 Å². The number of rotatable bonds is 5. The first-order chi connectivity index (χ1) is 14.5. The van der Waals surface area contributed by atoms with Gasteiger partial charge < -0.3 is 19.6 Å². The van der Waals surface area contributed by atoms with Gasteiger partial charge in [0, 0.05) is 17.3 Å². The molecular formula is C24H20N2O4. The van der Waals surface area contributed by atoms with Gasteiger partial charge in [0.05, 0.1) is 29.6 Å². The van der Waals surface area contributed by atoms with Crippen molar-refractivity contribution >= 4 is 23.1 Å². The van der Waals surface area contributed by atoms with Crippen LogP contribution in [0.1, 0.15) is 26.3 Å². The molecule has 0 saturated heterocycles. The minimum Gasteiger partial charge on any atom is -0.497 e. The third-order valence-electron chi connectivity index (χ3n) is 5.07. The molecule has 0 saturated carbocycles. The van der Waals surface area contributed by atoms with Crippen LogP contribution in [0, 0.1) is 6.92 Å². The molecule has 0 aliphatic rings. The molecule has 6 nitrogen and oxygen atoms in total. The van der Waals surface area contributed by atoms with Crippen LogP contribution in [-0.2, 0) is 0 Å². The van der Waals surface area contributed by atoms with Crippen molar-refractivity contribution in [1.29, 1.82) is 0 Å². The average Bonchev–Trinajstić information content (AvgIpc) is 3.05. The fourth-order valence-corrected chi connectivity index (χ4v) is 3.65. The Hall–Kier alpha value is -4.06. The number of fused-ring (bicyclic) bond motifs is 1. The van der Waals surface area contributed by atoms with E-state index in [0.717, 1.165) is 16.8 Å². The number of nitrogens with one attached hydrogen (secondary N) is 1. The van der Waals surface area contributed by atoms with Crippen LogP contribution in [0.3, 0.4) is 0 Å². The van der Waals surface area contributed by atoms with Crippen molar-refractivity contribution < 1.29 is 19.4 Å². The minimum atomic E-state index is -1.00. The van der Waals surface area contributed by atoms with Crippen molar-refractivity contribution in [3.05, 3.63) is 89.6 Å². The van der Waals surface area contributed by atoms with E-state index in [1.807, 2.05) is 35.7 Å². The number of ether oxygens (including phenoxy) is 1. The first-order valence-electron chi connectivity index (χ1n) is 9.39. The fraction of sp³-hybridized carbons (Fsp3) is 0.0833. The Morgan fingerprint density at radius 2 is 1.77 bits per heavy atom. The molecule has 4 aromatic rings. The van der Waals surface area contributed by atoms with Crippen LogP contribution in [0.25, 0.3) is 16.8 Å². The number of pyridine rings is 1. The highest BCUT2D eigenvalue weighted by atomic mass is 16.5. The summed E-state index contributed by atoms with van der Waals surface area (Å²) in [5.74, 6) is -0.679. The third kappa shape index (κ3) is 3.28. The summed E-state index contributed by atoms with van der Waals surface area (Å²) in [7, 11) is 1.55. The number of amides is 1. The molecule has 150 valence electrons. The van der Waals surface area contributed by atoms with Gasteiger partial charge in [-0.1, -0.05) is 30.3 Å². The van der Waals surface area contributed by atoms with Crippen molar-refractivity contribution in [2.24, 2.45) is 0 Å². The number of hydrogen-bond donors (Lipinski definition) is 2. The quantitative estimate of drug-likeness (QED) is 0.501. The van der Waals surface area contributed by atoms with Crippen molar-refractivity contribution in [1.82, 2.24) is 4.40 Å². The number of aromatic nitrogens is 1. The molecule has 0 aliphatic carbocycles. The van der Waals surface area contributed by atoms with E-state index in [2.05, 4.69) is 5.32 Å². The molecule has 0 spiro atoms. The number of benzene rings is 2. The molecule has 0 aliphatic heterocycles. The Bertz CT molecular complexity index is 1270. The Balaban J connectivity index is 1.86. The van der Waals surface area contributed by atoms with E-state index >= 15 is 0 Å². The second-order valence-electron chi connectivity index (χ2n) is 6.84. The predicted octanol–water partition coefficient (Wildman–Crippen LogP) is 4.87. The number of methoxy groups -OCH3 is 1. The summed E-state index contributed by atoms with van der Waals surface area (Å²) in [6, 6.07) is 19.4. The first kappa shape index (κ1) is 19.3. The Labute approximate surface area is 173 Å². The summed E-state index contributed by atoms with van der Waals surface area (Å²) in [4.78, 5) is 24.7. The van der Waals surface area contributed by atoms with Gasteiger partial charge in [-0.15, -0.1) is 0 Å². The number of nitrogens with zero attached hydrogens (tertiary/aromatic N) is 1. The number of carboxylic acid groups (broad SMARTS) is 1. The molecular weight excluding hydrogens is 380 g/mol. The van der Waals surface area contributed by atoms with E-state index in [9.17, 15) is 14.7 Å². The molecule has 4 rings (SSSR count). The molecule has 0 bridgehead atoms. The van der Waals surface area contributed by atoms with Crippen molar-refractivity contribution in [2.75, 3.05) is 12.4 Å². The number of carbonyl (C=O) groups excluding carboxylic acids is 1. The van der Waals surface area contributed by atoms with Crippen molar-refractivity contribution in [2.45, 2.75) is 6.92 Å². The molecule has 2 aromatic heterocycles. The molecule has 6 heteroatoms. The van der Waals surface area contributed by atoms with Crippen LogP contribution in [0.4, 0.5) is 5.69 Å². The second-order valence-corrected chi connectivity index (χ2v) is 6.84. The molecule has 0 atom stereocenters. The summed E-state index contributed by atoms with van der Waals surface area (Å²) in [5, 5.41) is 12.6. The molecule has 2 N–H and O–H groups in total. The van der Waals surface area contributed by atoms with Crippen LogP contribution in [0.2, 0.25) is 0 Å². The molecule has 0 unspecified atom stereocenters. The zero-order chi connectivity index (χ0) is 21.3. The lowest BCUT2D eigenvalue weighted by Crippen LogP contribution is -2.12. The molecule has 2 heterocycles. The van der Waals surface area contributed by atoms with Gasteiger partial charge in [-0.2, -0.15) is 0 Å². The number of anilines is 1. The third-order valence-corrected chi connectivity index (χ3v) is 5.07. The van der Waals surface area contributed by atoms with Gasteiger partial charge in [-0.3, -0.25) is 4.79 Å². The van der Waals surface area contributed by atoms with E-state index in [1.54, 1.807) is 55.6 Å².